The van der Waals surface area contributed by atoms with E-state index in [1.165, 1.54) is 0 Å². The van der Waals surface area contributed by atoms with Gasteiger partial charge in [0.2, 0.25) is 0 Å². The molecule has 6 nitrogen and oxygen atoms in total. The van der Waals surface area contributed by atoms with Gasteiger partial charge in [0.05, 0.1) is 7.11 Å². The summed E-state index contributed by atoms with van der Waals surface area (Å²) < 4.78 is 10.7. The zero-order valence-electron chi connectivity index (χ0n) is 19.8. The highest BCUT2D eigenvalue weighted by Crippen LogP contribution is 2.35. The van der Waals surface area contributed by atoms with Crippen LogP contribution in [0.5, 0.6) is 5.75 Å². The number of hydrogen-bond donors (Lipinski definition) is 2. The molecule has 2 N–H and O–H groups in total. The molecule has 182 valence electrons. The van der Waals surface area contributed by atoms with Crippen LogP contribution in [-0.4, -0.2) is 30.2 Å². The van der Waals surface area contributed by atoms with Gasteiger partial charge in [-0.05, 0) is 41.0 Å². The third-order valence-corrected chi connectivity index (χ3v) is 5.98. The highest BCUT2D eigenvalue weighted by Gasteiger charge is 2.47. The standard InChI is InChI=1S/C30H27NO5/c1-35-26-19-17-23(18-20-26)28(33)31-30(24-13-7-3-8-14-24,25-15-9-4-10-16-25)27(32)29(34)36-21-22-11-5-2-6-12-22/h2-20,27,32H,21H2,1H3,(H,31,33). The molecule has 0 heterocycles. The van der Waals surface area contributed by atoms with E-state index >= 15 is 0 Å². The number of nitrogens with one attached hydrogen (secondary N) is 1. The van der Waals surface area contributed by atoms with Crippen LogP contribution in [0.25, 0.3) is 0 Å². The largest absolute Gasteiger partial charge is 0.497 e. The number of hydrogen-bond acceptors (Lipinski definition) is 5. The fourth-order valence-corrected chi connectivity index (χ4v) is 4.08. The number of amides is 1. The van der Waals surface area contributed by atoms with Gasteiger partial charge < -0.3 is 19.9 Å². The average Bonchev–Trinajstić information content (AvgIpc) is 2.95. The summed E-state index contributed by atoms with van der Waals surface area (Å²) in [6, 6.07) is 33.6. The van der Waals surface area contributed by atoms with Crippen LogP contribution in [0, 0.1) is 0 Å². The zero-order valence-corrected chi connectivity index (χ0v) is 19.8. The molecule has 0 aliphatic rings. The molecule has 0 bridgehead atoms. The lowest BCUT2D eigenvalue weighted by Gasteiger charge is -2.38. The van der Waals surface area contributed by atoms with Crippen molar-refractivity contribution < 1.29 is 24.2 Å². The summed E-state index contributed by atoms with van der Waals surface area (Å²) in [5, 5.41) is 14.5. The van der Waals surface area contributed by atoms with Gasteiger partial charge in [0, 0.05) is 5.56 Å². The maximum atomic E-state index is 13.5. The third kappa shape index (κ3) is 5.29. The Balaban J connectivity index is 1.76. The molecule has 4 aromatic rings. The fraction of sp³-hybridized carbons (Fsp3) is 0.133. The highest BCUT2D eigenvalue weighted by atomic mass is 16.5. The second kappa shape index (κ2) is 11.3. The Kier molecular flexibility index (Phi) is 7.78. The molecule has 4 aromatic carbocycles. The first-order chi connectivity index (χ1) is 17.5. The van der Waals surface area contributed by atoms with E-state index < -0.39 is 23.5 Å². The summed E-state index contributed by atoms with van der Waals surface area (Å²) >= 11 is 0. The molecule has 0 aromatic heterocycles. The summed E-state index contributed by atoms with van der Waals surface area (Å²) in [6.07, 6.45) is -1.74. The number of esters is 1. The second-order valence-corrected chi connectivity index (χ2v) is 8.22. The predicted molar refractivity (Wildman–Crippen MR) is 136 cm³/mol. The van der Waals surface area contributed by atoms with Crippen molar-refractivity contribution in [2.45, 2.75) is 18.2 Å². The van der Waals surface area contributed by atoms with Gasteiger partial charge in [-0.2, -0.15) is 0 Å². The number of carbonyl (C=O) groups is 2. The predicted octanol–water partition coefficient (Wildman–Crippen LogP) is 4.47. The molecule has 0 aliphatic heterocycles. The Morgan fingerprint density at radius 1 is 0.778 bits per heavy atom. The summed E-state index contributed by atoms with van der Waals surface area (Å²) in [5.74, 6) is -0.727. The molecular weight excluding hydrogens is 454 g/mol. The van der Waals surface area contributed by atoms with Crippen molar-refractivity contribution in [1.82, 2.24) is 5.32 Å². The molecule has 1 atom stereocenters. The Bertz CT molecular complexity index is 1240. The van der Waals surface area contributed by atoms with Crippen molar-refractivity contribution in [1.29, 1.82) is 0 Å². The summed E-state index contributed by atoms with van der Waals surface area (Å²) in [5.41, 5.74) is 0.569. The number of benzene rings is 4. The van der Waals surface area contributed by atoms with Crippen LogP contribution in [0.2, 0.25) is 0 Å². The Labute approximate surface area is 210 Å². The Morgan fingerprint density at radius 2 is 1.28 bits per heavy atom. The van der Waals surface area contributed by atoms with Crippen LogP contribution >= 0.6 is 0 Å². The maximum absolute atomic E-state index is 13.5. The van der Waals surface area contributed by atoms with Crippen molar-refractivity contribution in [3.63, 3.8) is 0 Å². The molecule has 0 spiro atoms. The van der Waals surface area contributed by atoms with Gasteiger partial charge in [0.25, 0.3) is 5.91 Å². The van der Waals surface area contributed by atoms with Crippen LogP contribution in [0.15, 0.2) is 115 Å². The Morgan fingerprint density at radius 3 is 1.78 bits per heavy atom. The number of methoxy groups -OCH3 is 1. The van der Waals surface area contributed by atoms with E-state index in [0.717, 1.165) is 5.56 Å². The van der Waals surface area contributed by atoms with Crippen LogP contribution in [-0.2, 0) is 21.7 Å². The van der Waals surface area contributed by atoms with Gasteiger partial charge in [-0.3, -0.25) is 4.79 Å². The van der Waals surface area contributed by atoms with Crippen LogP contribution in [0.1, 0.15) is 27.0 Å². The van der Waals surface area contributed by atoms with E-state index in [4.69, 9.17) is 9.47 Å². The van der Waals surface area contributed by atoms with E-state index in [2.05, 4.69) is 5.32 Å². The first-order valence-electron chi connectivity index (χ1n) is 11.5. The van der Waals surface area contributed by atoms with E-state index in [-0.39, 0.29) is 6.61 Å². The molecule has 4 rings (SSSR count). The van der Waals surface area contributed by atoms with Crippen molar-refractivity contribution in [3.05, 3.63) is 138 Å². The normalized spacial score (nSPS) is 11.8. The lowest BCUT2D eigenvalue weighted by Crippen LogP contribution is -2.58. The molecule has 0 aliphatic carbocycles. The van der Waals surface area contributed by atoms with Crippen LogP contribution < -0.4 is 10.1 Å². The molecule has 0 saturated carbocycles. The number of aliphatic hydroxyl groups excluding tert-OH is 1. The van der Waals surface area contributed by atoms with E-state index in [1.54, 1.807) is 79.9 Å². The van der Waals surface area contributed by atoms with Gasteiger partial charge in [0.1, 0.15) is 17.9 Å². The van der Waals surface area contributed by atoms with Crippen molar-refractivity contribution in [2.24, 2.45) is 0 Å². The fourth-order valence-electron chi connectivity index (χ4n) is 4.08. The lowest BCUT2D eigenvalue weighted by molar-refractivity contribution is -0.158. The summed E-state index contributed by atoms with van der Waals surface area (Å²) in [7, 11) is 1.54. The summed E-state index contributed by atoms with van der Waals surface area (Å²) in [6.45, 7) is -0.0111. The first-order valence-corrected chi connectivity index (χ1v) is 11.5. The molecular formula is C30H27NO5. The number of rotatable bonds is 9. The number of carbonyl (C=O) groups excluding carboxylic acids is 2. The molecule has 0 saturated heterocycles. The molecule has 1 amide bonds. The first kappa shape index (κ1) is 24.7. The topological polar surface area (TPSA) is 84.9 Å². The monoisotopic (exact) mass is 481 g/mol. The van der Waals surface area contributed by atoms with Crippen LogP contribution in [0.3, 0.4) is 0 Å². The van der Waals surface area contributed by atoms with Crippen molar-refractivity contribution >= 4 is 11.9 Å². The minimum Gasteiger partial charge on any atom is -0.497 e. The average molecular weight is 482 g/mol. The van der Waals surface area contributed by atoms with Crippen LogP contribution in [0.4, 0.5) is 0 Å². The van der Waals surface area contributed by atoms with E-state index in [9.17, 15) is 14.7 Å². The van der Waals surface area contributed by atoms with Gasteiger partial charge >= 0.3 is 5.97 Å². The SMILES string of the molecule is COc1ccc(C(=O)NC(c2ccccc2)(c2ccccc2)C(O)C(=O)OCc2ccccc2)cc1. The third-order valence-electron chi connectivity index (χ3n) is 5.98. The minimum absolute atomic E-state index is 0.0111. The lowest BCUT2D eigenvalue weighted by atomic mass is 9.77. The Hall–Kier alpha value is -4.42. The number of ether oxygens (including phenoxy) is 2. The van der Waals surface area contributed by atoms with Gasteiger partial charge in [-0.25, -0.2) is 4.79 Å². The van der Waals surface area contributed by atoms with Gasteiger partial charge in [-0.15, -0.1) is 0 Å². The minimum atomic E-state index is -1.74. The highest BCUT2D eigenvalue weighted by molar-refractivity contribution is 5.96. The zero-order chi connectivity index (χ0) is 25.4. The molecule has 1 unspecified atom stereocenters. The molecule has 36 heavy (non-hydrogen) atoms. The van der Waals surface area contributed by atoms with E-state index in [1.807, 2.05) is 42.5 Å². The second-order valence-electron chi connectivity index (χ2n) is 8.22. The molecule has 6 heteroatoms. The van der Waals surface area contributed by atoms with Crippen molar-refractivity contribution in [2.75, 3.05) is 7.11 Å². The molecule has 0 fully saturated rings. The quantitative estimate of drug-likeness (QED) is 0.345. The van der Waals surface area contributed by atoms with Gasteiger partial charge in [-0.1, -0.05) is 91.0 Å². The van der Waals surface area contributed by atoms with Gasteiger partial charge in [0.15, 0.2) is 6.10 Å². The number of aliphatic hydroxyl groups is 1. The maximum Gasteiger partial charge on any atom is 0.338 e. The van der Waals surface area contributed by atoms with Crippen molar-refractivity contribution in [3.8, 4) is 5.75 Å². The van der Waals surface area contributed by atoms with E-state index in [0.29, 0.717) is 22.4 Å². The summed E-state index contributed by atoms with van der Waals surface area (Å²) in [4.78, 5) is 26.8. The molecule has 0 radical (unpaired) electrons. The smallest absolute Gasteiger partial charge is 0.338 e.